The first-order valence-electron chi connectivity index (χ1n) is 12.0. The summed E-state index contributed by atoms with van der Waals surface area (Å²) in [5, 5.41) is 8.13. The van der Waals surface area contributed by atoms with Gasteiger partial charge >= 0.3 is 11.8 Å². The molecule has 180 valence electrons. The molecule has 0 radical (unpaired) electrons. The number of rotatable bonds is 6. The van der Waals surface area contributed by atoms with Gasteiger partial charge in [-0.15, -0.1) is 0 Å². The summed E-state index contributed by atoms with van der Waals surface area (Å²) >= 11 is 0. The van der Waals surface area contributed by atoms with Crippen molar-refractivity contribution < 1.29 is 14.4 Å². The minimum atomic E-state index is -0.729. The Kier molecular flexibility index (Phi) is 7.47. The number of likely N-dealkylation sites (tertiary alicyclic amines) is 1. The number of hydrogen-bond donors (Lipinski definition) is 3. The third-order valence-electron chi connectivity index (χ3n) is 6.55. The van der Waals surface area contributed by atoms with Crippen molar-refractivity contribution in [2.75, 3.05) is 48.8 Å². The van der Waals surface area contributed by atoms with Crippen LogP contribution in [0.5, 0.6) is 0 Å². The van der Waals surface area contributed by atoms with Gasteiger partial charge in [0.1, 0.15) is 0 Å². The van der Waals surface area contributed by atoms with E-state index in [0.29, 0.717) is 17.9 Å². The average Bonchev–Trinajstić information content (AvgIpc) is 3.19. The summed E-state index contributed by atoms with van der Waals surface area (Å²) < 4.78 is 0. The predicted molar refractivity (Wildman–Crippen MR) is 134 cm³/mol. The standard InChI is InChI=1S/C26H33N5O3/c1-18(32)28-21-7-6-8-22(16-21)29-26(34)25(33)27-17-24(31-12-4-3-5-13-31)19-9-10-23-20(15-19)11-14-30(23)2/h6-10,15-16,24H,3-5,11-14,17H2,1-2H3,(H,27,33)(H,28,32)(H,29,34). The highest BCUT2D eigenvalue weighted by Gasteiger charge is 2.26. The zero-order valence-corrected chi connectivity index (χ0v) is 19.9. The van der Waals surface area contributed by atoms with Crippen LogP contribution in [0.1, 0.15) is 43.4 Å². The molecule has 1 unspecified atom stereocenters. The number of carbonyl (C=O) groups is 3. The van der Waals surface area contributed by atoms with Crippen LogP contribution in [0.15, 0.2) is 42.5 Å². The maximum absolute atomic E-state index is 12.6. The molecule has 3 N–H and O–H groups in total. The van der Waals surface area contributed by atoms with Crippen LogP contribution in [0.2, 0.25) is 0 Å². The lowest BCUT2D eigenvalue weighted by atomic mass is 9.98. The molecule has 2 aliphatic rings. The Labute approximate surface area is 200 Å². The van der Waals surface area contributed by atoms with Crippen LogP contribution >= 0.6 is 0 Å². The first kappa shape index (κ1) is 23.8. The first-order valence-corrected chi connectivity index (χ1v) is 12.0. The SMILES string of the molecule is CC(=O)Nc1cccc(NC(=O)C(=O)NCC(c2ccc3c(c2)CCN3C)N2CCCCC2)c1. The average molecular weight is 464 g/mol. The monoisotopic (exact) mass is 463 g/mol. The highest BCUT2D eigenvalue weighted by Crippen LogP contribution is 2.32. The number of amides is 3. The van der Waals surface area contributed by atoms with Gasteiger partial charge in [0, 0.05) is 44.1 Å². The second-order valence-electron chi connectivity index (χ2n) is 9.10. The Bertz CT molecular complexity index is 1060. The third kappa shape index (κ3) is 5.75. The highest BCUT2D eigenvalue weighted by atomic mass is 16.2. The van der Waals surface area contributed by atoms with Crippen molar-refractivity contribution in [1.82, 2.24) is 10.2 Å². The Morgan fingerprint density at radius 1 is 0.912 bits per heavy atom. The number of hydrogen-bond acceptors (Lipinski definition) is 5. The van der Waals surface area contributed by atoms with E-state index in [1.807, 2.05) is 0 Å². The maximum Gasteiger partial charge on any atom is 0.313 e. The molecule has 0 bridgehead atoms. The van der Waals surface area contributed by atoms with Gasteiger partial charge in [0.2, 0.25) is 5.91 Å². The summed E-state index contributed by atoms with van der Waals surface area (Å²) in [7, 11) is 2.11. The zero-order chi connectivity index (χ0) is 24.1. The lowest BCUT2D eigenvalue weighted by Gasteiger charge is -2.35. The number of anilines is 3. The number of fused-ring (bicyclic) bond motifs is 1. The first-order chi connectivity index (χ1) is 16.4. The van der Waals surface area contributed by atoms with Crippen molar-refractivity contribution >= 4 is 34.8 Å². The van der Waals surface area contributed by atoms with Gasteiger partial charge in [0.05, 0.1) is 6.04 Å². The minimum absolute atomic E-state index is 0.0244. The summed E-state index contributed by atoms with van der Waals surface area (Å²) in [4.78, 5) is 41.1. The predicted octanol–water partition coefficient (Wildman–Crippen LogP) is 2.92. The number of likely N-dealkylation sites (N-methyl/N-ethyl adjacent to an activating group) is 1. The Morgan fingerprint density at radius 2 is 1.65 bits per heavy atom. The number of piperidine rings is 1. The summed E-state index contributed by atoms with van der Waals surface area (Å²) in [5.74, 6) is -1.61. The van der Waals surface area contributed by atoms with Gasteiger partial charge < -0.3 is 20.9 Å². The smallest absolute Gasteiger partial charge is 0.313 e. The molecular weight excluding hydrogens is 430 g/mol. The highest BCUT2D eigenvalue weighted by molar-refractivity contribution is 6.39. The van der Waals surface area contributed by atoms with Crippen molar-refractivity contribution in [2.45, 2.75) is 38.6 Å². The Morgan fingerprint density at radius 3 is 2.38 bits per heavy atom. The Hall–Kier alpha value is -3.39. The van der Waals surface area contributed by atoms with Gasteiger partial charge in [0.15, 0.2) is 0 Å². The van der Waals surface area contributed by atoms with E-state index < -0.39 is 11.8 Å². The van der Waals surface area contributed by atoms with E-state index in [2.05, 4.69) is 51.0 Å². The molecule has 2 heterocycles. The van der Waals surface area contributed by atoms with Gasteiger partial charge in [-0.1, -0.05) is 24.6 Å². The van der Waals surface area contributed by atoms with Crippen molar-refractivity contribution in [3.8, 4) is 0 Å². The molecular formula is C26H33N5O3. The van der Waals surface area contributed by atoms with Crippen molar-refractivity contribution in [3.05, 3.63) is 53.6 Å². The topological polar surface area (TPSA) is 93.8 Å². The van der Waals surface area contributed by atoms with E-state index in [1.165, 1.54) is 30.2 Å². The van der Waals surface area contributed by atoms with E-state index in [4.69, 9.17) is 0 Å². The van der Waals surface area contributed by atoms with E-state index in [-0.39, 0.29) is 11.9 Å². The number of nitrogens with one attached hydrogen (secondary N) is 3. The normalized spacial score (nSPS) is 16.5. The fourth-order valence-corrected chi connectivity index (χ4v) is 4.82. The lowest BCUT2D eigenvalue weighted by molar-refractivity contribution is -0.136. The molecule has 2 aliphatic heterocycles. The fraction of sp³-hybridized carbons (Fsp3) is 0.423. The summed E-state index contributed by atoms with van der Waals surface area (Å²) in [6, 6.07) is 13.3. The molecule has 0 aromatic heterocycles. The molecule has 3 amide bonds. The molecule has 8 heteroatoms. The van der Waals surface area contributed by atoms with Gasteiger partial charge in [0.25, 0.3) is 0 Å². The summed E-state index contributed by atoms with van der Waals surface area (Å²) in [6.45, 7) is 4.77. The Balaban J connectivity index is 1.42. The fourth-order valence-electron chi connectivity index (χ4n) is 4.82. The number of benzene rings is 2. The molecule has 0 spiro atoms. The van der Waals surface area contributed by atoms with Crippen molar-refractivity contribution in [1.29, 1.82) is 0 Å². The quantitative estimate of drug-likeness (QED) is 0.573. The van der Waals surface area contributed by atoms with E-state index in [9.17, 15) is 14.4 Å². The second kappa shape index (κ2) is 10.7. The maximum atomic E-state index is 12.6. The molecule has 2 aromatic carbocycles. The summed E-state index contributed by atoms with van der Waals surface area (Å²) in [6.07, 6.45) is 4.54. The van der Waals surface area contributed by atoms with Gasteiger partial charge in [-0.2, -0.15) is 0 Å². The van der Waals surface area contributed by atoms with Crippen LogP contribution in [0.3, 0.4) is 0 Å². The lowest BCUT2D eigenvalue weighted by Crippen LogP contribution is -2.43. The molecule has 0 aliphatic carbocycles. The molecule has 1 saturated heterocycles. The van der Waals surface area contributed by atoms with E-state index >= 15 is 0 Å². The molecule has 1 atom stereocenters. The van der Waals surface area contributed by atoms with Gasteiger partial charge in [-0.05, 0) is 67.7 Å². The van der Waals surface area contributed by atoms with Gasteiger partial charge in [-0.25, -0.2) is 0 Å². The molecule has 2 aromatic rings. The van der Waals surface area contributed by atoms with Crippen LogP contribution in [-0.4, -0.2) is 55.8 Å². The van der Waals surface area contributed by atoms with Crippen LogP contribution in [0.4, 0.5) is 17.1 Å². The second-order valence-corrected chi connectivity index (χ2v) is 9.10. The number of carbonyl (C=O) groups excluding carboxylic acids is 3. The molecule has 4 rings (SSSR count). The van der Waals surface area contributed by atoms with Crippen LogP contribution in [-0.2, 0) is 20.8 Å². The molecule has 34 heavy (non-hydrogen) atoms. The summed E-state index contributed by atoms with van der Waals surface area (Å²) in [5.41, 5.74) is 4.79. The number of nitrogens with zero attached hydrogens (tertiary/aromatic N) is 2. The van der Waals surface area contributed by atoms with Crippen LogP contribution in [0, 0.1) is 0 Å². The van der Waals surface area contributed by atoms with Crippen LogP contribution < -0.4 is 20.9 Å². The van der Waals surface area contributed by atoms with Crippen molar-refractivity contribution in [2.24, 2.45) is 0 Å². The minimum Gasteiger partial charge on any atom is -0.374 e. The van der Waals surface area contributed by atoms with E-state index in [1.54, 1.807) is 24.3 Å². The van der Waals surface area contributed by atoms with Gasteiger partial charge in [-0.3, -0.25) is 19.3 Å². The van der Waals surface area contributed by atoms with E-state index in [0.717, 1.165) is 38.9 Å². The molecule has 0 saturated carbocycles. The third-order valence-corrected chi connectivity index (χ3v) is 6.55. The van der Waals surface area contributed by atoms with Crippen LogP contribution in [0.25, 0.3) is 0 Å². The van der Waals surface area contributed by atoms with Crippen molar-refractivity contribution in [3.63, 3.8) is 0 Å². The largest absolute Gasteiger partial charge is 0.374 e. The zero-order valence-electron chi connectivity index (χ0n) is 19.9. The molecule has 1 fully saturated rings. The molecule has 8 nitrogen and oxygen atoms in total.